The molecule has 0 bridgehead atoms. The summed E-state index contributed by atoms with van der Waals surface area (Å²) in [5.41, 5.74) is 10.7. The molecule has 0 amide bonds. The zero-order valence-electron chi connectivity index (χ0n) is 30.2. The van der Waals surface area contributed by atoms with Gasteiger partial charge in [0.2, 0.25) is 0 Å². The molecule has 0 aliphatic rings. The summed E-state index contributed by atoms with van der Waals surface area (Å²) in [5, 5.41) is 4.85. The summed E-state index contributed by atoms with van der Waals surface area (Å²) in [7, 11) is 0. The summed E-state index contributed by atoms with van der Waals surface area (Å²) in [6.07, 6.45) is 0. The predicted octanol–water partition coefficient (Wildman–Crippen LogP) is 13.7. The molecule has 5 heteroatoms. The maximum absolute atomic E-state index is 5.39. The van der Waals surface area contributed by atoms with E-state index in [9.17, 15) is 0 Å². The quantitative estimate of drug-likeness (QED) is 0.171. The fourth-order valence-corrected chi connectivity index (χ4v) is 9.22. The minimum atomic E-state index is 0.617. The van der Waals surface area contributed by atoms with Crippen LogP contribution >= 0.6 is 11.3 Å². The Balaban J connectivity index is 1.19. The normalized spacial score (nSPS) is 11.6. The molecule has 0 unspecified atom stereocenters. The van der Waals surface area contributed by atoms with Gasteiger partial charge >= 0.3 is 0 Å². The fraction of sp³-hybridized carbons (Fsp3) is 0. The van der Waals surface area contributed by atoms with Crippen molar-refractivity contribution >= 4 is 53.3 Å². The van der Waals surface area contributed by atoms with E-state index in [1.54, 1.807) is 11.3 Å². The molecule has 3 heterocycles. The third-order valence-corrected chi connectivity index (χ3v) is 11.9. The highest BCUT2D eigenvalue weighted by Crippen LogP contribution is 2.41. The van der Waals surface area contributed by atoms with E-state index in [1.165, 1.54) is 36.5 Å². The predicted molar refractivity (Wildman–Crippen MR) is 234 cm³/mol. The monoisotopic (exact) mass is 732 g/mol. The summed E-state index contributed by atoms with van der Waals surface area (Å²) in [4.78, 5) is 16.0. The topological polar surface area (TPSA) is 43.6 Å². The van der Waals surface area contributed by atoms with E-state index in [2.05, 4.69) is 193 Å². The number of aromatic nitrogens is 4. The Bertz CT molecular complexity index is 3180. The lowest BCUT2D eigenvalue weighted by atomic mass is 10.0. The third kappa shape index (κ3) is 5.40. The summed E-state index contributed by atoms with van der Waals surface area (Å²) in [6, 6.07) is 68.5. The molecule has 0 aliphatic heterocycles. The Kier molecular flexibility index (Phi) is 7.64. The van der Waals surface area contributed by atoms with Gasteiger partial charge in [0.25, 0.3) is 0 Å². The van der Waals surface area contributed by atoms with Gasteiger partial charge in [-0.1, -0.05) is 158 Å². The first-order chi connectivity index (χ1) is 27.8. The lowest BCUT2D eigenvalue weighted by Crippen LogP contribution is -2.04. The summed E-state index contributed by atoms with van der Waals surface area (Å²) < 4.78 is 4.78. The van der Waals surface area contributed by atoms with Gasteiger partial charge in [0.05, 0.1) is 16.7 Å². The van der Waals surface area contributed by atoms with Crippen molar-refractivity contribution in [3.63, 3.8) is 0 Å². The maximum atomic E-state index is 5.39. The van der Waals surface area contributed by atoms with Crippen LogP contribution < -0.4 is 0 Å². The lowest BCUT2D eigenvalue weighted by molar-refractivity contribution is 1.07. The number of thiophene rings is 1. The van der Waals surface area contributed by atoms with E-state index in [4.69, 9.17) is 15.0 Å². The van der Waals surface area contributed by atoms with Crippen LogP contribution in [0.1, 0.15) is 0 Å². The summed E-state index contributed by atoms with van der Waals surface area (Å²) in [6.45, 7) is 0. The summed E-state index contributed by atoms with van der Waals surface area (Å²) in [5.74, 6) is 1.89. The second-order valence-electron chi connectivity index (χ2n) is 14.0. The van der Waals surface area contributed by atoms with Crippen LogP contribution in [0.15, 0.2) is 194 Å². The molecule has 0 saturated carbocycles. The first-order valence-electron chi connectivity index (χ1n) is 18.8. The van der Waals surface area contributed by atoms with Gasteiger partial charge in [-0.15, -0.1) is 11.3 Å². The molecule has 56 heavy (non-hydrogen) atoms. The van der Waals surface area contributed by atoms with E-state index in [-0.39, 0.29) is 0 Å². The van der Waals surface area contributed by atoms with Crippen LogP contribution in [0.2, 0.25) is 0 Å². The van der Waals surface area contributed by atoms with Crippen molar-refractivity contribution in [2.75, 3.05) is 0 Å². The van der Waals surface area contributed by atoms with Gasteiger partial charge in [0.1, 0.15) is 0 Å². The Morgan fingerprint density at radius 2 is 0.839 bits per heavy atom. The van der Waals surface area contributed by atoms with E-state index in [1.807, 2.05) is 6.07 Å². The van der Waals surface area contributed by atoms with Crippen molar-refractivity contribution in [3.8, 4) is 62.1 Å². The molecule has 8 aromatic carbocycles. The van der Waals surface area contributed by atoms with Crippen LogP contribution in [0.5, 0.6) is 0 Å². The molecule has 0 aliphatic carbocycles. The SMILES string of the molecule is c1ccc(-c2ccc(-c3nc(-c4ccc(-c5ccccc5)cc4-n4c5ccccc5c5ccccc54)nc(-c4cccc5c4sc4ccccc45)n3)cc2)cc1. The fourth-order valence-electron chi connectivity index (χ4n) is 8.01. The number of hydrogen-bond donors (Lipinski definition) is 0. The molecule has 262 valence electrons. The molecule has 0 N–H and O–H groups in total. The van der Waals surface area contributed by atoms with E-state index >= 15 is 0 Å². The number of benzene rings is 8. The molecule has 0 atom stereocenters. The largest absolute Gasteiger partial charge is 0.308 e. The highest BCUT2D eigenvalue weighted by atomic mass is 32.1. The molecular weight excluding hydrogens is 701 g/mol. The van der Waals surface area contributed by atoms with Crippen LogP contribution in [0.3, 0.4) is 0 Å². The molecule has 4 nitrogen and oxygen atoms in total. The van der Waals surface area contributed by atoms with Crippen LogP contribution in [0.4, 0.5) is 0 Å². The molecule has 0 radical (unpaired) electrons. The first-order valence-corrected chi connectivity index (χ1v) is 19.6. The summed E-state index contributed by atoms with van der Waals surface area (Å²) >= 11 is 1.79. The average Bonchev–Trinajstić information content (AvgIpc) is 3.83. The van der Waals surface area contributed by atoms with Gasteiger partial charge in [-0.25, -0.2) is 15.0 Å². The second kappa shape index (κ2) is 13.3. The highest BCUT2D eigenvalue weighted by Gasteiger charge is 2.21. The van der Waals surface area contributed by atoms with Gasteiger partial charge < -0.3 is 4.57 Å². The molecular formula is C51H32N4S. The molecule has 0 spiro atoms. The average molecular weight is 733 g/mol. The van der Waals surface area contributed by atoms with E-state index in [0.29, 0.717) is 17.5 Å². The maximum Gasteiger partial charge on any atom is 0.166 e. The zero-order chi connectivity index (χ0) is 37.0. The van der Waals surface area contributed by atoms with Crippen molar-refractivity contribution in [1.29, 1.82) is 0 Å². The Hall–Kier alpha value is -7.21. The Morgan fingerprint density at radius 1 is 0.339 bits per heavy atom. The van der Waals surface area contributed by atoms with Gasteiger partial charge in [0, 0.05) is 47.6 Å². The van der Waals surface area contributed by atoms with Gasteiger partial charge in [-0.05, 0) is 58.7 Å². The minimum absolute atomic E-state index is 0.617. The lowest BCUT2D eigenvalue weighted by Gasteiger charge is -2.16. The highest BCUT2D eigenvalue weighted by molar-refractivity contribution is 7.26. The van der Waals surface area contributed by atoms with Crippen molar-refractivity contribution in [2.45, 2.75) is 0 Å². The van der Waals surface area contributed by atoms with Gasteiger partial charge in [0.15, 0.2) is 17.5 Å². The number of nitrogens with zero attached hydrogens (tertiary/aromatic N) is 4. The zero-order valence-corrected chi connectivity index (χ0v) is 31.0. The third-order valence-electron chi connectivity index (χ3n) is 10.7. The standard InChI is InChI=1S/C51H32N4S/c1-3-14-33(15-4-1)35-26-28-36(29-27-35)49-52-50(54-51(53-49)43-22-13-21-41-40-20-9-12-25-47(40)56-48(41)43)42-31-30-37(34-16-5-2-6-17-34)32-46(42)55-44-23-10-7-18-38(44)39-19-8-11-24-45(39)55/h1-32H. The van der Waals surface area contributed by atoms with Gasteiger partial charge in [-0.3, -0.25) is 0 Å². The van der Waals surface area contributed by atoms with Gasteiger partial charge in [-0.2, -0.15) is 0 Å². The Labute approximate surface area is 327 Å². The van der Waals surface area contributed by atoms with Crippen molar-refractivity contribution in [1.82, 2.24) is 19.5 Å². The van der Waals surface area contributed by atoms with Crippen LogP contribution in [-0.2, 0) is 0 Å². The van der Waals surface area contributed by atoms with Crippen LogP contribution in [0, 0.1) is 0 Å². The van der Waals surface area contributed by atoms with Crippen LogP contribution in [0.25, 0.3) is 104 Å². The molecule has 0 fully saturated rings. The minimum Gasteiger partial charge on any atom is -0.308 e. The molecule has 11 aromatic rings. The molecule has 0 saturated heterocycles. The van der Waals surface area contributed by atoms with E-state index < -0.39 is 0 Å². The molecule has 11 rings (SSSR count). The van der Waals surface area contributed by atoms with Crippen LogP contribution in [-0.4, -0.2) is 19.5 Å². The number of hydrogen-bond acceptors (Lipinski definition) is 4. The van der Waals surface area contributed by atoms with Crippen molar-refractivity contribution < 1.29 is 0 Å². The second-order valence-corrected chi connectivity index (χ2v) is 15.0. The number of fused-ring (bicyclic) bond motifs is 6. The van der Waals surface area contributed by atoms with E-state index in [0.717, 1.165) is 50.1 Å². The van der Waals surface area contributed by atoms with Crippen molar-refractivity contribution in [2.24, 2.45) is 0 Å². The number of rotatable bonds is 6. The smallest absolute Gasteiger partial charge is 0.166 e. The molecule has 3 aromatic heterocycles. The Morgan fingerprint density at radius 3 is 1.54 bits per heavy atom. The first kappa shape index (κ1) is 32.2. The number of para-hydroxylation sites is 2. The van der Waals surface area contributed by atoms with Crippen molar-refractivity contribution in [3.05, 3.63) is 194 Å².